The molecule has 0 N–H and O–H groups in total. The average molecular weight is 138 g/mol. The molecule has 0 atom stereocenters. The van der Waals surface area contributed by atoms with Gasteiger partial charge in [0.25, 0.3) is 0 Å². The Morgan fingerprint density at radius 3 is 2.50 bits per heavy atom. The highest BCUT2D eigenvalue weighted by molar-refractivity contribution is 5.89. The molecule has 2 nitrogen and oxygen atoms in total. The molecule has 0 aromatic rings. The minimum atomic E-state index is 0.876. The Kier molecular flexibility index (Phi) is 5.63. The fourth-order valence-electron chi connectivity index (χ4n) is 0.526. The predicted molar refractivity (Wildman–Crippen MR) is 46.7 cm³/mol. The second-order valence-corrected chi connectivity index (χ2v) is 1.77. The van der Waals surface area contributed by atoms with Crippen LogP contribution in [0, 0.1) is 0 Å². The molecule has 0 amide bonds. The van der Waals surface area contributed by atoms with Crippen LogP contribution in [0.5, 0.6) is 0 Å². The third-order valence-corrected chi connectivity index (χ3v) is 0.967. The lowest BCUT2D eigenvalue weighted by Gasteiger charge is -1.89. The number of aliphatic imine (C=N–C) groups is 2. The van der Waals surface area contributed by atoms with Gasteiger partial charge in [0.15, 0.2) is 0 Å². The average Bonchev–Trinajstić information content (AvgIpc) is 1.98. The molecule has 0 radical (unpaired) electrons. The summed E-state index contributed by atoms with van der Waals surface area (Å²) in [6, 6.07) is 0. The van der Waals surface area contributed by atoms with Crippen molar-refractivity contribution in [3.05, 3.63) is 12.3 Å². The van der Waals surface area contributed by atoms with Crippen LogP contribution in [0.4, 0.5) is 0 Å². The van der Waals surface area contributed by atoms with Crippen molar-refractivity contribution < 1.29 is 0 Å². The molecular formula is C8H14N2. The smallest absolute Gasteiger partial charge is 0.127 e. The Balaban J connectivity index is 4.04. The van der Waals surface area contributed by atoms with E-state index in [0.717, 1.165) is 12.3 Å². The van der Waals surface area contributed by atoms with Crippen LogP contribution in [0.2, 0.25) is 0 Å². The van der Waals surface area contributed by atoms with Gasteiger partial charge in [-0.05, 0) is 13.8 Å². The van der Waals surface area contributed by atoms with E-state index < -0.39 is 0 Å². The standard InChI is InChI=1S/C8H14N2/c1-4-7-10-8(5-2)9-6-3/h4,6-7H,5H2,1-3H3/b7-4-,9-6-,10-8-. The largest absolute Gasteiger partial charge is 0.246 e. The molecule has 0 rings (SSSR count). The Labute approximate surface area is 62.4 Å². The Bertz CT molecular complexity index is 155. The van der Waals surface area contributed by atoms with Crippen LogP contribution in [0.15, 0.2) is 22.3 Å². The van der Waals surface area contributed by atoms with Crippen LogP contribution >= 0.6 is 0 Å². The summed E-state index contributed by atoms with van der Waals surface area (Å²) in [4.78, 5) is 8.14. The number of amidine groups is 1. The van der Waals surface area contributed by atoms with Crippen molar-refractivity contribution in [1.29, 1.82) is 0 Å². The Morgan fingerprint density at radius 1 is 1.40 bits per heavy atom. The van der Waals surface area contributed by atoms with Gasteiger partial charge in [0.2, 0.25) is 0 Å². The van der Waals surface area contributed by atoms with Gasteiger partial charge in [0, 0.05) is 18.8 Å². The van der Waals surface area contributed by atoms with Gasteiger partial charge in [-0.3, -0.25) is 0 Å². The minimum absolute atomic E-state index is 0.876. The van der Waals surface area contributed by atoms with Crippen molar-refractivity contribution in [2.75, 3.05) is 0 Å². The quantitative estimate of drug-likeness (QED) is 0.413. The van der Waals surface area contributed by atoms with Gasteiger partial charge in [0.05, 0.1) is 0 Å². The molecule has 56 valence electrons. The van der Waals surface area contributed by atoms with Crippen LogP contribution < -0.4 is 0 Å². The molecule has 0 unspecified atom stereocenters. The summed E-state index contributed by atoms with van der Waals surface area (Å²) in [5.41, 5.74) is 0. The third-order valence-electron chi connectivity index (χ3n) is 0.967. The number of allylic oxidation sites excluding steroid dienone is 1. The molecule has 0 bridgehead atoms. The topological polar surface area (TPSA) is 24.7 Å². The first-order chi connectivity index (χ1) is 4.85. The first kappa shape index (κ1) is 9.08. The van der Waals surface area contributed by atoms with E-state index in [-0.39, 0.29) is 0 Å². The summed E-state index contributed by atoms with van der Waals surface area (Å²) < 4.78 is 0. The number of hydrogen-bond donors (Lipinski definition) is 0. The summed E-state index contributed by atoms with van der Waals surface area (Å²) in [5, 5.41) is 0. The zero-order chi connectivity index (χ0) is 7.82. The molecule has 0 aromatic carbocycles. The number of hydrogen-bond acceptors (Lipinski definition) is 1. The maximum absolute atomic E-state index is 4.09. The van der Waals surface area contributed by atoms with Gasteiger partial charge in [0.1, 0.15) is 5.84 Å². The van der Waals surface area contributed by atoms with Crippen LogP contribution in [-0.4, -0.2) is 12.1 Å². The van der Waals surface area contributed by atoms with E-state index in [0.29, 0.717) is 0 Å². The third kappa shape index (κ3) is 4.01. The first-order valence-corrected chi connectivity index (χ1v) is 3.51. The second-order valence-electron chi connectivity index (χ2n) is 1.77. The Morgan fingerprint density at radius 2 is 2.10 bits per heavy atom. The molecule has 0 saturated carbocycles. The zero-order valence-electron chi connectivity index (χ0n) is 6.83. The zero-order valence-corrected chi connectivity index (χ0v) is 6.83. The van der Waals surface area contributed by atoms with Gasteiger partial charge in [-0.1, -0.05) is 13.0 Å². The first-order valence-electron chi connectivity index (χ1n) is 3.51. The number of nitrogens with zero attached hydrogens (tertiary/aromatic N) is 2. The van der Waals surface area contributed by atoms with E-state index in [1.165, 1.54) is 0 Å². The summed E-state index contributed by atoms with van der Waals surface area (Å²) in [7, 11) is 0. The second kappa shape index (κ2) is 6.20. The van der Waals surface area contributed by atoms with Crippen LogP contribution in [0.3, 0.4) is 0 Å². The molecule has 2 heteroatoms. The highest BCUT2D eigenvalue weighted by Crippen LogP contribution is 1.88. The fourth-order valence-corrected chi connectivity index (χ4v) is 0.526. The highest BCUT2D eigenvalue weighted by Gasteiger charge is 1.84. The molecule has 0 fully saturated rings. The summed E-state index contributed by atoms with van der Waals surface area (Å²) in [6.45, 7) is 5.86. The summed E-state index contributed by atoms with van der Waals surface area (Å²) in [6.07, 6.45) is 6.28. The van der Waals surface area contributed by atoms with E-state index in [1.807, 2.05) is 26.8 Å². The molecule has 0 spiro atoms. The lowest BCUT2D eigenvalue weighted by atomic mass is 10.4. The molecular weight excluding hydrogens is 124 g/mol. The maximum Gasteiger partial charge on any atom is 0.127 e. The summed E-state index contributed by atoms with van der Waals surface area (Å²) in [5.74, 6) is 0.876. The SMILES string of the molecule is C\C=C/N=C(CC)\N=C/C. The molecule has 0 saturated heterocycles. The molecule has 10 heavy (non-hydrogen) atoms. The van der Waals surface area contributed by atoms with Crippen molar-refractivity contribution in [3.8, 4) is 0 Å². The van der Waals surface area contributed by atoms with E-state index in [9.17, 15) is 0 Å². The van der Waals surface area contributed by atoms with Gasteiger partial charge in [-0.15, -0.1) is 0 Å². The highest BCUT2D eigenvalue weighted by atomic mass is 14.9. The normalized spacial score (nSPS) is 13.7. The fraction of sp³-hybridized carbons (Fsp3) is 0.500. The lowest BCUT2D eigenvalue weighted by molar-refractivity contribution is 1.23. The van der Waals surface area contributed by atoms with E-state index in [2.05, 4.69) is 9.98 Å². The predicted octanol–water partition coefficient (Wildman–Crippen LogP) is 2.42. The monoisotopic (exact) mass is 138 g/mol. The van der Waals surface area contributed by atoms with E-state index >= 15 is 0 Å². The summed E-state index contributed by atoms with van der Waals surface area (Å²) >= 11 is 0. The van der Waals surface area contributed by atoms with Crippen LogP contribution in [0.1, 0.15) is 27.2 Å². The van der Waals surface area contributed by atoms with Crippen LogP contribution in [0.25, 0.3) is 0 Å². The van der Waals surface area contributed by atoms with Crippen molar-refractivity contribution in [3.63, 3.8) is 0 Å². The Hall–Kier alpha value is -0.920. The molecule has 0 aliphatic carbocycles. The van der Waals surface area contributed by atoms with Gasteiger partial charge in [-0.25, -0.2) is 9.98 Å². The minimum Gasteiger partial charge on any atom is -0.246 e. The van der Waals surface area contributed by atoms with E-state index in [1.54, 1.807) is 12.4 Å². The molecule has 0 heterocycles. The van der Waals surface area contributed by atoms with Crippen LogP contribution in [-0.2, 0) is 0 Å². The van der Waals surface area contributed by atoms with E-state index in [4.69, 9.17) is 0 Å². The lowest BCUT2D eigenvalue weighted by Crippen LogP contribution is -1.88. The van der Waals surface area contributed by atoms with Crippen molar-refractivity contribution in [2.45, 2.75) is 27.2 Å². The van der Waals surface area contributed by atoms with Crippen molar-refractivity contribution in [1.82, 2.24) is 0 Å². The maximum atomic E-state index is 4.09. The molecule has 0 aromatic heterocycles. The molecule has 0 aliphatic heterocycles. The van der Waals surface area contributed by atoms with Gasteiger partial charge >= 0.3 is 0 Å². The van der Waals surface area contributed by atoms with Crippen molar-refractivity contribution in [2.24, 2.45) is 9.98 Å². The molecule has 0 aliphatic rings. The van der Waals surface area contributed by atoms with Gasteiger partial charge < -0.3 is 0 Å². The van der Waals surface area contributed by atoms with Crippen molar-refractivity contribution >= 4 is 12.1 Å². The number of rotatable bonds is 2. The van der Waals surface area contributed by atoms with Gasteiger partial charge in [-0.2, -0.15) is 0 Å².